The number of anilines is 1. The van der Waals surface area contributed by atoms with E-state index in [4.69, 9.17) is 11.1 Å². The molecule has 1 fully saturated rings. The van der Waals surface area contributed by atoms with E-state index < -0.39 is 58.9 Å². The number of amides is 1. The zero-order valence-corrected chi connectivity index (χ0v) is 15.9. The minimum Gasteiger partial charge on any atom is -0.385 e. The Kier molecular flexibility index (Phi) is 5.91. The quantitative estimate of drug-likeness (QED) is 0.416. The molecule has 3 heterocycles. The number of nitrogens with one attached hydrogen (secondary N) is 2. The summed E-state index contributed by atoms with van der Waals surface area (Å²) >= 11 is 0. The SMILES string of the molecule is N=C(C1=C(N)NC(=O)[C@H](O)[C@@H]1C(F)(F)F)C1CCN(c2cncc(C(F)(F)F)c2)CC1. The first-order chi connectivity index (χ1) is 14.3. The normalized spacial score (nSPS) is 23.7. The van der Waals surface area contributed by atoms with E-state index in [0.29, 0.717) is 6.20 Å². The van der Waals surface area contributed by atoms with Crippen LogP contribution in [-0.4, -0.2) is 47.1 Å². The molecule has 3 rings (SSSR count). The van der Waals surface area contributed by atoms with E-state index >= 15 is 0 Å². The molecule has 2 aliphatic heterocycles. The van der Waals surface area contributed by atoms with Crippen LogP contribution in [-0.2, 0) is 11.0 Å². The Labute approximate surface area is 172 Å². The second kappa shape index (κ2) is 8.02. The molecule has 170 valence electrons. The Bertz CT molecular complexity index is 905. The van der Waals surface area contributed by atoms with Gasteiger partial charge in [-0.1, -0.05) is 0 Å². The van der Waals surface area contributed by atoms with Crippen LogP contribution in [0.15, 0.2) is 29.9 Å². The minimum absolute atomic E-state index is 0.167. The second-order valence-corrected chi connectivity index (χ2v) is 7.39. The van der Waals surface area contributed by atoms with E-state index in [-0.39, 0.29) is 31.6 Å². The Morgan fingerprint density at radius 3 is 2.35 bits per heavy atom. The number of nitrogens with two attached hydrogens (primary N) is 1. The van der Waals surface area contributed by atoms with Crippen molar-refractivity contribution in [3.8, 4) is 0 Å². The maximum absolute atomic E-state index is 13.5. The molecule has 0 spiro atoms. The second-order valence-electron chi connectivity index (χ2n) is 7.39. The van der Waals surface area contributed by atoms with Crippen LogP contribution in [0.2, 0.25) is 0 Å². The number of nitrogens with zero attached hydrogens (tertiary/aromatic N) is 2. The van der Waals surface area contributed by atoms with Gasteiger partial charge in [0.1, 0.15) is 17.8 Å². The number of carbonyl (C=O) groups is 1. The molecule has 0 aromatic carbocycles. The zero-order chi connectivity index (χ0) is 23.1. The first-order valence-electron chi connectivity index (χ1n) is 9.22. The summed E-state index contributed by atoms with van der Waals surface area (Å²) in [5.74, 6) is -5.24. The van der Waals surface area contributed by atoms with E-state index in [9.17, 15) is 36.2 Å². The predicted octanol–water partition coefficient (Wildman–Crippen LogP) is 2.18. The van der Waals surface area contributed by atoms with Crippen molar-refractivity contribution in [3.63, 3.8) is 0 Å². The van der Waals surface area contributed by atoms with E-state index in [1.165, 1.54) is 6.20 Å². The van der Waals surface area contributed by atoms with Crippen LogP contribution in [0.4, 0.5) is 32.0 Å². The van der Waals surface area contributed by atoms with Crippen molar-refractivity contribution >= 4 is 17.3 Å². The number of aliphatic hydroxyl groups is 1. The number of hydrogen-bond donors (Lipinski definition) is 4. The van der Waals surface area contributed by atoms with Gasteiger partial charge in [0, 0.05) is 36.5 Å². The Morgan fingerprint density at radius 2 is 1.81 bits per heavy atom. The molecule has 0 bridgehead atoms. The standard InChI is InChI=1S/C18H19F6N5O2/c19-17(20,21)9-5-10(7-27-6-9)29-3-1-8(2-4-29)13(25)11-12(18(22,23)24)14(30)16(31)28-15(11)26/h5-8,12,14,25,30H,1-4,26H2,(H,28,31)/t12-,14-/m1/s1. The molecule has 1 amide bonds. The van der Waals surface area contributed by atoms with E-state index in [1.54, 1.807) is 4.90 Å². The molecule has 0 unspecified atom stereocenters. The molecule has 2 aliphatic rings. The lowest BCUT2D eigenvalue weighted by Gasteiger charge is -2.37. The van der Waals surface area contributed by atoms with Crippen LogP contribution in [0.1, 0.15) is 18.4 Å². The van der Waals surface area contributed by atoms with Crippen LogP contribution in [0.3, 0.4) is 0 Å². The molecule has 1 aromatic rings. The van der Waals surface area contributed by atoms with Gasteiger partial charge in [-0.2, -0.15) is 26.3 Å². The zero-order valence-electron chi connectivity index (χ0n) is 15.9. The van der Waals surface area contributed by atoms with Crippen molar-refractivity contribution in [3.05, 3.63) is 35.4 Å². The number of aliphatic hydroxyl groups excluding tert-OH is 1. The summed E-state index contributed by atoms with van der Waals surface area (Å²) in [6.45, 7) is 0.351. The smallest absolute Gasteiger partial charge is 0.385 e. The van der Waals surface area contributed by atoms with Crippen LogP contribution < -0.4 is 16.0 Å². The van der Waals surface area contributed by atoms with Crippen molar-refractivity contribution in [1.82, 2.24) is 10.3 Å². The number of hydrogen-bond acceptors (Lipinski definition) is 6. The van der Waals surface area contributed by atoms with Gasteiger partial charge >= 0.3 is 12.4 Å². The summed E-state index contributed by atoms with van der Waals surface area (Å²) in [6, 6.07) is 0.936. The monoisotopic (exact) mass is 451 g/mol. The summed E-state index contributed by atoms with van der Waals surface area (Å²) in [5.41, 5.74) is 3.73. The van der Waals surface area contributed by atoms with Crippen LogP contribution in [0.25, 0.3) is 0 Å². The van der Waals surface area contributed by atoms with Gasteiger partial charge in [0.05, 0.1) is 17.4 Å². The number of rotatable bonds is 3. The van der Waals surface area contributed by atoms with E-state index in [0.717, 1.165) is 6.07 Å². The van der Waals surface area contributed by atoms with Gasteiger partial charge in [-0.3, -0.25) is 9.78 Å². The van der Waals surface area contributed by atoms with Crippen LogP contribution >= 0.6 is 0 Å². The number of piperidine rings is 1. The lowest BCUT2D eigenvalue weighted by atomic mass is 9.79. The minimum atomic E-state index is -5.01. The fourth-order valence-corrected chi connectivity index (χ4v) is 3.81. The topological polar surface area (TPSA) is 115 Å². The lowest BCUT2D eigenvalue weighted by Crippen LogP contribution is -2.54. The molecular weight excluding hydrogens is 432 g/mol. The molecule has 0 radical (unpaired) electrons. The highest BCUT2D eigenvalue weighted by atomic mass is 19.4. The van der Waals surface area contributed by atoms with Crippen LogP contribution in [0, 0.1) is 17.2 Å². The van der Waals surface area contributed by atoms with Crippen molar-refractivity contribution in [2.75, 3.05) is 18.0 Å². The Hall–Kier alpha value is -2.83. The summed E-state index contributed by atoms with van der Waals surface area (Å²) in [6.07, 6.45) is -9.71. The molecule has 1 aromatic heterocycles. The summed E-state index contributed by atoms with van der Waals surface area (Å²) in [5, 5.41) is 20.0. The average molecular weight is 451 g/mol. The molecule has 13 heteroatoms. The molecule has 2 atom stereocenters. The van der Waals surface area contributed by atoms with Crippen molar-refractivity contribution < 1.29 is 36.2 Å². The first kappa shape index (κ1) is 22.8. The summed E-state index contributed by atoms with van der Waals surface area (Å²) in [7, 11) is 0. The third kappa shape index (κ3) is 4.60. The maximum atomic E-state index is 13.5. The summed E-state index contributed by atoms with van der Waals surface area (Å²) in [4.78, 5) is 16.8. The third-order valence-corrected chi connectivity index (χ3v) is 5.41. The average Bonchev–Trinajstić information content (AvgIpc) is 2.68. The first-order valence-corrected chi connectivity index (χ1v) is 9.22. The predicted molar refractivity (Wildman–Crippen MR) is 96.8 cm³/mol. The van der Waals surface area contributed by atoms with Gasteiger partial charge in [-0.15, -0.1) is 0 Å². The van der Waals surface area contributed by atoms with Crippen molar-refractivity contribution in [2.45, 2.75) is 31.3 Å². The number of aromatic nitrogens is 1. The largest absolute Gasteiger partial charge is 0.417 e. The highest BCUT2D eigenvalue weighted by Crippen LogP contribution is 2.40. The van der Waals surface area contributed by atoms with Crippen molar-refractivity contribution in [2.24, 2.45) is 17.6 Å². The Morgan fingerprint density at radius 1 is 1.19 bits per heavy atom. The molecule has 5 N–H and O–H groups in total. The van der Waals surface area contributed by atoms with Gasteiger partial charge in [0.2, 0.25) is 0 Å². The fraction of sp³-hybridized carbons (Fsp3) is 0.500. The van der Waals surface area contributed by atoms with Gasteiger partial charge in [0.15, 0.2) is 0 Å². The van der Waals surface area contributed by atoms with Gasteiger partial charge in [0.25, 0.3) is 5.91 Å². The van der Waals surface area contributed by atoms with Crippen molar-refractivity contribution in [1.29, 1.82) is 5.41 Å². The fourth-order valence-electron chi connectivity index (χ4n) is 3.81. The maximum Gasteiger partial charge on any atom is 0.417 e. The Balaban J connectivity index is 1.77. The molecule has 31 heavy (non-hydrogen) atoms. The van der Waals surface area contributed by atoms with Gasteiger partial charge in [-0.05, 0) is 18.9 Å². The third-order valence-electron chi connectivity index (χ3n) is 5.41. The molecular formula is C18H19F6N5O2. The highest BCUT2D eigenvalue weighted by molar-refractivity contribution is 6.03. The molecule has 7 nitrogen and oxygen atoms in total. The number of carbonyl (C=O) groups excluding carboxylic acids is 1. The van der Waals surface area contributed by atoms with Gasteiger partial charge < -0.3 is 26.5 Å². The highest BCUT2D eigenvalue weighted by Gasteiger charge is 2.53. The molecule has 0 saturated carbocycles. The molecule has 1 saturated heterocycles. The van der Waals surface area contributed by atoms with E-state index in [2.05, 4.69) is 4.98 Å². The molecule has 0 aliphatic carbocycles. The van der Waals surface area contributed by atoms with E-state index in [1.807, 2.05) is 5.32 Å². The summed E-state index contributed by atoms with van der Waals surface area (Å²) < 4.78 is 79.2. The number of alkyl halides is 6. The van der Waals surface area contributed by atoms with Crippen LogP contribution in [0.5, 0.6) is 0 Å². The lowest BCUT2D eigenvalue weighted by molar-refractivity contribution is -0.192. The number of pyridine rings is 1. The number of halogens is 6. The van der Waals surface area contributed by atoms with Gasteiger partial charge in [-0.25, -0.2) is 0 Å².